The Morgan fingerprint density at radius 3 is 2.44 bits per heavy atom. The monoisotopic (exact) mass is 527 g/mol. The van der Waals surface area contributed by atoms with Crippen molar-refractivity contribution in [2.24, 2.45) is 0 Å². The molecule has 0 saturated carbocycles. The molecule has 36 heavy (non-hydrogen) atoms. The third kappa shape index (κ3) is 4.40. The Hall–Kier alpha value is -3.89. The fraction of sp³-hybridized carbons (Fsp3) is 0.208. The first-order valence-corrected chi connectivity index (χ1v) is 11.7. The first-order chi connectivity index (χ1) is 17.4. The maximum Gasteiger partial charge on any atom is 0.433 e. The summed E-state index contributed by atoms with van der Waals surface area (Å²) in [4.78, 5) is 35.4. The summed E-state index contributed by atoms with van der Waals surface area (Å²) in [6.45, 7) is 1.80. The highest BCUT2D eigenvalue weighted by Crippen LogP contribution is 2.39. The van der Waals surface area contributed by atoms with Crippen LogP contribution in [0.15, 0.2) is 53.2 Å². The third-order valence-corrected chi connectivity index (χ3v) is 6.64. The molecule has 12 heteroatoms. The largest absolute Gasteiger partial charge is 0.497 e. The average Bonchev–Trinajstić information content (AvgIpc) is 3.39. The van der Waals surface area contributed by atoms with Crippen LogP contribution >= 0.6 is 23.2 Å². The predicted octanol–water partition coefficient (Wildman–Crippen LogP) is 5.08. The summed E-state index contributed by atoms with van der Waals surface area (Å²) in [5.74, 6) is 0.443. The lowest BCUT2D eigenvalue weighted by Gasteiger charge is -2.35. The molecule has 5 rings (SSSR count). The second-order valence-corrected chi connectivity index (χ2v) is 8.88. The van der Waals surface area contributed by atoms with E-state index in [9.17, 15) is 14.9 Å². The fourth-order valence-electron chi connectivity index (χ4n) is 4.18. The van der Waals surface area contributed by atoms with Gasteiger partial charge in [0.2, 0.25) is 0 Å². The van der Waals surface area contributed by atoms with Crippen LogP contribution in [0.2, 0.25) is 10.0 Å². The average molecular weight is 528 g/mol. The summed E-state index contributed by atoms with van der Waals surface area (Å²) in [5, 5.41) is 12.6. The number of ether oxygens (including phenoxy) is 1. The number of fused-ring (bicyclic) bond motifs is 1. The molecule has 0 N–H and O–H groups in total. The van der Waals surface area contributed by atoms with Gasteiger partial charge in [0.05, 0.1) is 23.7 Å². The molecule has 0 atom stereocenters. The minimum Gasteiger partial charge on any atom is -0.497 e. The number of aromatic nitrogens is 2. The Labute approximate surface area is 215 Å². The van der Waals surface area contributed by atoms with Gasteiger partial charge in [0.25, 0.3) is 5.91 Å². The molecule has 0 aliphatic carbocycles. The summed E-state index contributed by atoms with van der Waals surface area (Å²) in [6.07, 6.45) is 1.49. The number of carbonyl (C=O) groups is 1. The van der Waals surface area contributed by atoms with Crippen LogP contribution in [0.25, 0.3) is 22.0 Å². The van der Waals surface area contributed by atoms with Crippen molar-refractivity contribution in [3.63, 3.8) is 0 Å². The molecular formula is C24H19Cl2N5O5. The molecule has 1 aliphatic rings. The van der Waals surface area contributed by atoms with Crippen LogP contribution in [-0.2, 0) is 0 Å². The molecule has 0 bridgehead atoms. The molecule has 1 aliphatic heterocycles. The number of hydrogen-bond donors (Lipinski definition) is 0. The number of furan rings is 1. The van der Waals surface area contributed by atoms with E-state index in [4.69, 9.17) is 32.4 Å². The molecule has 0 spiro atoms. The van der Waals surface area contributed by atoms with Gasteiger partial charge in [-0.3, -0.25) is 14.9 Å². The SMILES string of the molecule is COc1ccc(-c2cc3ncnc(N4CCN(C(=O)c5ccc([N+](=O)[O-])o5)CC4)c3cc2Cl)c(Cl)c1. The minimum absolute atomic E-state index is 0.0564. The van der Waals surface area contributed by atoms with E-state index < -0.39 is 10.8 Å². The van der Waals surface area contributed by atoms with Crippen molar-refractivity contribution in [1.82, 2.24) is 14.9 Å². The van der Waals surface area contributed by atoms with E-state index in [0.717, 1.165) is 16.5 Å². The summed E-state index contributed by atoms with van der Waals surface area (Å²) in [7, 11) is 1.57. The van der Waals surface area contributed by atoms with Gasteiger partial charge >= 0.3 is 5.88 Å². The minimum atomic E-state index is -0.673. The number of halogens is 2. The number of methoxy groups -OCH3 is 1. The summed E-state index contributed by atoms with van der Waals surface area (Å²) < 4.78 is 10.3. The summed E-state index contributed by atoms with van der Waals surface area (Å²) in [6, 6.07) is 11.6. The maximum atomic E-state index is 12.7. The van der Waals surface area contributed by atoms with Crippen molar-refractivity contribution in [1.29, 1.82) is 0 Å². The van der Waals surface area contributed by atoms with Crippen LogP contribution in [-0.4, -0.2) is 59.0 Å². The first-order valence-electron chi connectivity index (χ1n) is 10.9. The van der Waals surface area contributed by atoms with Gasteiger partial charge in [-0.2, -0.15) is 0 Å². The topological polar surface area (TPSA) is 115 Å². The van der Waals surface area contributed by atoms with E-state index in [0.29, 0.717) is 53.3 Å². The van der Waals surface area contributed by atoms with Gasteiger partial charge in [-0.15, -0.1) is 0 Å². The lowest BCUT2D eigenvalue weighted by atomic mass is 10.0. The highest BCUT2D eigenvalue weighted by molar-refractivity contribution is 6.37. The molecule has 1 amide bonds. The van der Waals surface area contributed by atoms with Crippen molar-refractivity contribution in [2.45, 2.75) is 0 Å². The molecular weight excluding hydrogens is 509 g/mol. The molecule has 0 radical (unpaired) electrons. The number of carbonyl (C=O) groups excluding carboxylic acids is 1. The predicted molar refractivity (Wildman–Crippen MR) is 135 cm³/mol. The quantitative estimate of drug-likeness (QED) is 0.260. The molecule has 184 valence electrons. The molecule has 3 heterocycles. The van der Waals surface area contributed by atoms with Crippen molar-refractivity contribution in [2.75, 3.05) is 38.2 Å². The second kappa shape index (κ2) is 9.63. The molecule has 10 nitrogen and oxygen atoms in total. The molecule has 2 aromatic heterocycles. The van der Waals surface area contributed by atoms with Gasteiger partial charge < -0.3 is 19.0 Å². The molecule has 1 saturated heterocycles. The number of nitro groups is 1. The standard InChI is InChI=1S/C24H19Cl2N5O5/c1-35-14-2-3-15(18(25)10-14)16-12-20-17(11-19(16)26)23(28-13-27-20)29-6-8-30(9-7-29)24(32)21-4-5-22(36-21)31(33)34/h2-5,10-13H,6-9H2,1H3. The summed E-state index contributed by atoms with van der Waals surface area (Å²) >= 11 is 13.1. The maximum absolute atomic E-state index is 12.7. The van der Waals surface area contributed by atoms with Crippen LogP contribution in [0.3, 0.4) is 0 Å². The van der Waals surface area contributed by atoms with E-state index in [1.54, 1.807) is 18.1 Å². The smallest absolute Gasteiger partial charge is 0.433 e. The highest BCUT2D eigenvalue weighted by atomic mass is 35.5. The number of hydrogen-bond acceptors (Lipinski definition) is 8. The molecule has 4 aromatic rings. The Balaban J connectivity index is 1.38. The Bertz CT molecular complexity index is 1480. The number of nitrogens with zero attached hydrogens (tertiary/aromatic N) is 5. The van der Waals surface area contributed by atoms with Crippen molar-refractivity contribution >= 4 is 51.7 Å². The van der Waals surface area contributed by atoms with Gasteiger partial charge in [0.15, 0.2) is 5.76 Å². The van der Waals surface area contributed by atoms with Gasteiger partial charge in [-0.05, 0) is 36.4 Å². The van der Waals surface area contributed by atoms with Crippen molar-refractivity contribution in [3.05, 3.63) is 74.7 Å². The number of piperazine rings is 1. The number of anilines is 1. The lowest BCUT2D eigenvalue weighted by molar-refractivity contribution is -0.402. The zero-order valence-electron chi connectivity index (χ0n) is 19.0. The van der Waals surface area contributed by atoms with Gasteiger partial charge in [-0.1, -0.05) is 23.2 Å². The van der Waals surface area contributed by atoms with Crippen LogP contribution in [0.4, 0.5) is 11.7 Å². The molecule has 0 unspecified atom stereocenters. The lowest BCUT2D eigenvalue weighted by Crippen LogP contribution is -2.49. The molecule has 2 aromatic carbocycles. The van der Waals surface area contributed by atoms with E-state index in [-0.39, 0.29) is 11.7 Å². The zero-order chi connectivity index (χ0) is 25.4. The van der Waals surface area contributed by atoms with Gasteiger partial charge in [0.1, 0.15) is 22.8 Å². The number of rotatable bonds is 5. The van der Waals surface area contributed by atoms with Crippen LogP contribution in [0.5, 0.6) is 5.75 Å². The first kappa shape index (κ1) is 23.8. The normalized spacial score (nSPS) is 13.8. The third-order valence-electron chi connectivity index (χ3n) is 6.02. The van der Waals surface area contributed by atoms with Crippen LogP contribution in [0, 0.1) is 10.1 Å². The van der Waals surface area contributed by atoms with Crippen LogP contribution < -0.4 is 9.64 Å². The zero-order valence-corrected chi connectivity index (χ0v) is 20.5. The second-order valence-electron chi connectivity index (χ2n) is 8.07. The van der Waals surface area contributed by atoms with Crippen molar-refractivity contribution in [3.8, 4) is 16.9 Å². The van der Waals surface area contributed by atoms with Crippen molar-refractivity contribution < 1.29 is 18.9 Å². The van der Waals surface area contributed by atoms with Gasteiger partial charge in [-0.25, -0.2) is 9.97 Å². The number of amides is 1. The van der Waals surface area contributed by atoms with Crippen LogP contribution in [0.1, 0.15) is 10.6 Å². The van der Waals surface area contributed by atoms with Gasteiger partial charge in [0, 0.05) is 47.7 Å². The Morgan fingerprint density at radius 1 is 1.03 bits per heavy atom. The fourth-order valence-corrected chi connectivity index (χ4v) is 4.72. The Morgan fingerprint density at radius 2 is 1.78 bits per heavy atom. The molecule has 1 fully saturated rings. The highest BCUT2D eigenvalue weighted by Gasteiger charge is 2.27. The van der Waals surface area contributed by atoms with E-state index >= 15 is 0 Å². The Kier molecular flexibility index (Phi) is 6.38. The summed E-state index contributed by atoms with van der Waals surface area (Å²) in [5.41, 5.74) is 2.20. The van der Waals surface area contributed by atoms with E-state index in [1.165, 1.54) is 18.5 Å². The number of benzene rings is 2. The van der Waals surface area contributed by atoms with E-state index in [2.05, 4.69) is 14.9 Å². The van der Waals surface area contributed by atoms with E-state index in [1.807, 2.05) is 24.3 Å².